The predicted octanol–water partition coefficient (Wildman–Crippen LogP) is 4.99. The van der Waals surface area contributed by atoms with Crippen molar-refractivity contribution < 1.29 is 23.5 Å². The molecule has 1 amide bonds. The van der Waals surface area contributed by atoms with Crippen molar-refractivity contribution in [2.75, 3.05) is 7.11 Å². The summed E-state index contributed by atoms with van der Waals surface area (Å²) in [6.45, 7) is 1.81. The van der Waals surface area contributed by atoms with E-state index in [4.69, 9.17) is 13.9 Å². The lowest BCUT2D eigenvalue weighted by Crippen LogP contribution is -2.35. The van der Waals surface area contributed by atoms with Gasteiger partial charge in [-0.15, -0.1) is 0 Å². The molecule has 0 aliphatic carbocycles. The number of aromatic nitrogens is 1. The van der Waals surface area contributed by atoms with Crippen molar-refractivity contribution in [3.05, 3.63) is 89.5 Å². The average Bonchev–Trinajstić information content (AvgIpc) is 3.29. The van der Waals surface area contributed by atoms with E-state index >= 15 is 0 Å². The number of ether oxygens (including phenoxy) is 2. The Morgan fingerprint density at radius 2 is 1.71 bits per heavy atom. The van der Waals surface area contributed by atoms with E-state index in [0.717, 1.165) is 16.6 Å². The van der Waals surface area contributed by atoms with Crippen molar-refractivity contribution in [3.63, 3.8) is 0 Å². The van der Waals surface area contributed by atoms with Crippen molar-refractivity contribution in [1.82, 2.24) is 10.3 Å². The molecule has 3 aromatic carbocycles. The van der Waals surface area contributed by atoms with Crippen LogP contribution in [0.2, 0.25) is 0 Å². The van der Waals surface area contributed by atoms with Crippen LogP contribution in [0.15, 0.2) is 82.4 Å². The van der Waals surface area contributed by atoms with Crippen LogP contribution in [0.5, 0.6) is 5.75 Å². The molecule has 7 nitrogen and oxygen atoms in total. The van der Waals surface area contributed by atoms with Crippen LogP contribution in [0.4, 0.5) is 0 Å². The Morgan fingerprint density at radius 1 is 1.00 bits per heavy atom. The van der Waals surface area contributed by atoms with Gasteiger partial charge >= 0.3 is 5.97 Å². The predicted molar refractivity (Wildman–Crippen MR) is 130 cm³/mol. The van der Waals surface area contributed by atoms with E-state index in [0.29, 0.717) is 27.9 Å². The van der Waals surface area contributed by atoms with Gasteiger partial charge in [0.15, 0.2) is 11.7 Å². The summed E-state index contributed by atoms with van der Waals surface area (Å²) in [5, 5.41) is 3.31. The molecule has 1 atom stereocenters. The number of benzene rings is 3. The summed E-state index contributed by atoms with van der Waals surface area (Å²) in [7, 11) is 1.57. The van der Waals surface area contributed by atoms with Crippen molar-refractivity contribution in [1.29, 1.82) is 0 Å². The van der Waals surface area contributed by atoms with Crippen LogP contribution in [0.25, 0.3) is 11.1 Å². The Morgan fingerprint density at radius 3 is 2.50 bits per heavy atom. The van der Waals surface area contributed by atoms with Gasteiger partial charge in [0.2, 0.25) is 0 Å². The van der Waals surface area contributed by atoms with Crippen molar-refractivity contribution in [2.45, 2.75) is 30.5 Å². The molecule has 4 rings (SSSR count). The standard InChI is InChI=1S/C26H24N2O5S/c1-17(24(29)27-15-18-9-4-7-13-22(18)31-2)32-25(30)20-11-5-3-10-19(20)16-34-26-28-21-12-6-8-14-23(21)33-26/h3-14,17H,15-16H2,1-2H3,(H,27,29). The van der Waals surface area contributed by atoms with E-state index in [1.54, 1.807) is 26.2 Å². The maximum absolute atomic E-state index is 12.8. The van der Waals surface area contributed by atoms with Gasteiger partial charge in [0.25, 0.3) is 11.1 Å². The topological polar surface area (TPSA) is 90.7 Å². The largest absolute Gasteiger partial charge is 0.496 e. The molecule has 0 radical (unpaired) electrons. The molecule has 0 aliphatic rings. The van der Waals surface area contributed by atoms with Crippen LogP contribution in [-0.4, -0.2) is 30.1 Å². The van der Waals surface area contributed by atoms with Crippen molar-refractivity contribution in [2.24, 2.45) is 0 Å². The lowest BCUT2D eigenvalue weighted by atomic mass is 10.1. The zero-order chi connectivity index (χ0) is 23.9. The van der Waals surface area contributed by atoms with Crippen LogP contribution >= 0.6 is 11.8 Å². The number of hydrogen-bond donors (Lipinski definition) is 1. The zero-order valence-corrected chi connectivity index (χ0v) is 19.6. The number of nitrogens with one attached hydrogen (secondary N) is 1. The second-order valence-electron chi connectivity index (χ2n) is 7.47. The molecule has 0 spiro atoms. The highest BCUT2D eigenvalue weighted by atomic mass is 32.2. The van der Waals surface area contributed by atoms with Gasteiger partial charge < -0.3 is 19.2 Å². The molecular weight excluding hydrogens is 452 g/mol. The van der Waals surface area contributed by atoms with Gasteiger partial charge in [0, 0.05) is 17.9 Å². The second kappa shape index (κ2) is 10.9. The molecule has 1 heterocycles. The number of amides is 1. The Labute approximate surface area is 201 Å². The normalized spacial score (nSPS) is 11.7. The summed E-state index contributed by atoms with van der Waals surface area (Å²) < 4.78 is 16.5. The Hall–Kier alpha value is -3.78. The van der Waals surface area contributed by atoms with Gasteiger partial charge in [-0.05, 0) is 36.8 Å². The molecule has 4 aromatic rings. The molecule has 174 valence electrons. The molecule has 0 bridgehead atoms. The number of hydrogen-bond acceptors (Lipinski definition) is 7. The Bertz CT molecular complexity index is 1270. The Kier molecular flexibility index (Phi) is 7.49. The number of carbonyl (C=O) groups is 2. The highest BCUT2D eigenvalue weighted by molar-refractivity contribution is 7.98. The third kappa shape index (κ3) is 5.58. The molecule has 8 heteroatoms. The van der Waals surface area contributed by atoms with Gasteiger partial charge in [-0.2, -0.15) is 0 Å². The first kappa shape index (κ1) is 23.4. The molecule has 0 saturated carbocycles. The van der Waals surface area contributed by atoms with Crippen LogP contribution in [0, 0.1) is 0 Å². The minimum atomic E-state index is -0.958. The van der Waals surface area contributed by atoms with E-state index in [1.807, 2.05) is 60.7 Å². The highest BCUT2D eigenvalue weighted by Crippen LogP contribution is 2.27. The number of thioether (sulfide) groups is 1. The average molecular weight is 477 g/mol. The molecule has 1 aromatic heterocycles. The van der Waals surface area contributed by atoms with Crippen LogP contribution in [-0.2, 0) is 21.8 Å². The van der Waals surface area contributed by atoms with E-state index in [2.05, 4.69) is 10.3 Å². The van der Waals surface area contributed by atoms with Crippen molar-refractivity contribution >= 4 is 34.7 Å². The van der Waals surface area contributed by atoms with Gasteiger partial charge in [-0.25, -0.2) is 9.78 Å². The monoisotopic (exact) mass is 476 g/mol. The SMILES string of the molecule is COc1ccccc1CNC(=O)C(C)OC(=O)c1ccccc1CSc1nc2ccccc2o1. The summed E-state index contributed by atoms with van der Waals surface area (Å²) in [6.07, 6.45) is -0.958. The fourth-order valence-corrected chi connectivity index (χ4v) is 4.19. The highest BCUT2D eigenvalue weighted by Gasteiger charge is 2.21. The third-order valence-electron chi connectivity index (χ3n) is 5.16. The van der Waals surface area contributed by atoms with E-state index in [9.17, 15) is 9.59 Å². The van der Waals surface area contributed by atoms with Crippen molar-refractivity contribution in [3.8, 4) is 5.75 Å². The third-order valence-corrected chi connectivity index (χ3v) is 6.04. The number of fused-ring (bicyclic) bond motifs is 1. The summed E-state index contributed by atoms with van der Waals surface area (Å²) in [5.74, 6) is 0.191. The molecule has 1 N–H and O–H groups in total. The first-order valence-electron chi connectivity index (χ1n) is 10.7. The minimum absolute atomic E-state index is 0.266. The van der Waals surface area contributed by atoms with Gasteiger partial charge in [0.05, 0.1) is 12.7 Å². The first-order valence-corrected chi connectivity index (χ1v) is 11.7. The Balaban J connectivity index is 1.36. The number of para-hydroxylation sites is 3. The quantitative estimate of drug-likeness (QED) is 0.269. The number of oxazole rings is 1. The number of methoxy groups -OCH3 is 1. The van der Waals surface area contributed by atoms with Gasteiger partial charge in [-0.3, -0.25) is 4.79 Å². The fraction of sp³-hybridized carbons (Fsp3) is 0.192. The smallest absolute Gasteiger partial charge is 0.339 e. The number of esters is 1. The summed E-state index contributed by atoms with van der Waals surface area (Å²) >= 11 is 1.39. The molecule has 0 fully saturated rings. The van der Waals surface area contributed by atoms with E-state index in [1.165, 1.54) is 11.8 Å². The van der Waals surface area contributed by atoms with E-state index < -0.39 is 18.0 Å². The van der Waals surface area contributed by atoms with Crippen LogP contribution in [0.1, 0.15) is 28.4 Å². The number of carbonyl (C=O) groups excluding carboxylic acids is 2. The molecule has 0 saturated heterocycles. The molecule has 34 heavy (non-hydrogen) atoms. The molecule has 1 unspecified atom stereocenters. The maximum Gasteiger partial charge on any atom is 0.339 e. The lowest BCUT2D eigenvalue weighted by Gasteiger charge is -2.15. The van der Waals surface area contributed by atoms with Gasteiger partial charge in [0.1, 0.15) is 11.3 Å². The first-order chi connectivity index (χ1) is 16.5. The molecule has 0 aliphatic heterocycles. The second-order valence-corrected chi connectivity index (χ2v) is 8.40. The maximum atomic E-state index is 12.8. The summed E-state index contributed by atoms with van der Waals surface area (Å²) in [5.41, 5.74) is 3.49. The van der Waals surface area contributed by atoms with Crippen LogP contribution < -0.4 is 10.1 Å². The van der Waals surface area contributed by atoms with E-state index in [-0.39, 0.29) is 6.54 Å². The lowest BCUT2D eigenvalue weighted by molar-refractivity contribution is -0.129. The molecular formula is C26H24N2O5S. The fourth-order valence-electron chi connectivity index (χ4n) is 3.35. The number of rotatable bonds is 9. The minimum Gasteiger partial charge on any atom is -0.496 e. The summed E-state index contributed by atoms with van der Waals surface area (Å²) in [6, 6.07) is 22.1. The summed E-state index contributed by atoms with van der Waals surface area (Å²) in [4.78, 5) is 29.8. The number of nitrogens with zero attached hydrogens (tertiary/aromatic N) is 1. The zero-order valence-electron chi connectivity index (χ0n) is 18.8. The van der Waals surface area contributed by atoms with Gasteiger partial charge in [-0.1, -0.05) is 60.3 Å². The van der Waals surface area contributed by atoms with Crippen LogP contribution in [0.3, 0.4) is 0 Å².